The molecule has 3 nitrogen and oxygen atoms in total. The molecule has 0 radical (unpaired) electrons. The third kappa shape index (κ3) is 3.99. The van der Waals surface area contributed by atoms with Gasteiger partial charge in [0, 0.05) is 0 Å². The van der Waals surface area contributed by atoms with Gasteiger partial charge in [-0.05, 0) is 12.8 Å². The minimum atomic E-state index is -0.422. The summed E-state index contributed by atoms with van der Waals surface area (Å²) in [4.78, 5) is 0. The molecule has 2 N–H and O–H groups in total. The molecular formula is C10H18O3. The number of hydrogen-bond donors (Lipinski definition) is 2. The van der Waals surface area contributed by atoms with Gasteiger partial charge in [-0.2, -0.15) is 0 Å². The third-order valence-electron chi connectivity index (χ3n) is 1.81. The highest BCUT2D eigenvalue weighted by Crippen LogP contribution is 2.14. The molecule has 0 heterocycles. The minimum Gasteiger partial charge on any atom is -0.510 e. The lowest BCUT2D eigenvalue weighted by Crippen LogP contribution is -2.24. The van der Waals surface area contributed by atoms with Crippen LogP contribution >= 0.6 is 0 Å². The molecule has 0 spiro atoms. The van der Waals surface area contributed by atoms with Crippen molar-refractivity contribution < 1.29 is 14.9 Å². The van der Waals surface area contributed by atoms with Gasteiger partial charge in [0.2, 0.25) is 0 Å². The van der Waals surface area contributed by atoms with Crippen LogP contribution in [0.3, 0.4) is 0 Å². The lowest BCUT2D eigenvalue weighted by atomic mass is 10.2. The maximum absolute atomic E-state index is 9.11. The summed E-state index contributed by atoms with van der Waals surface area (Å²) >= 11 is 0. The first-order valence-electron chi connectivity index (χ1n) is 4.43. The Morgan fingerprint density at radius 2 is 1.38 bits per heavy atom. The maximum atomic E-state index is 9.11. The van der Waals surface area contributed by atoms with E-state index in [-0.39, 0.29) is 11.5 Å². The lowest BCUT2D eigenvalue weighted by molar-refractivity contribution is -0.0140. The van der Waals surface area contributed by atoms with Crippen LogP contribution in [0.1, 0.15) is 26.7 Å². The van der Waals surface area contributed by atoms with Gasteiger partial charge in [-0.25, -0.2) is 0 Å². The molecule has 13 heavy (non-hydrogen) atoms. The van der Waals surface area contributed by atoms with E-state index in [1.165, 1.54) is 0 Å². The number of aliphatic hydroxyl groups is 2. The first kappa shape index (κ1) is 12.0. The summed E-state index contributed by atoms with van der Waals surface area (Å²) in [7, 11) is 0. The molecule has 0 aromatic carbocycles. The Bertz CT molecular complexity index is 167. The van der Waals surface area contributed by atoms with Crippen LogP contribution < -0.4 is 0 Å². The molecule has 0 saturated heterocycles. The zero-order valence-electron chi connectivity index (χ0n) is 8.29. The average molecular weight is 186 g/mol. The molecule has 0 aromatic rings. The molecule has 0 bridgehead atoms. The predicted octanol–water partition coefficient (Wildman–Crippen LogP) is 2.70. The van der Waals surface area contributed by atoms with E-state index in [0.717, 1.165) is 0 Å². The van der Waals surface area contributed by atoms with Crippen molar-refractivity contribution in [3.8, 4) is 0 Å². The fourth-order valence-corrected chi connectivity index (χ4v) is 1.02. The van der Waals surface area contributed by atoms with E-state index in [1.54, 1.807) is 0 Å². The monoisotopic (exact) mass is 186 g/mol. The Morgan fingerprint density at radius 1 is 1.08 bits per heavy atom. The molecule has 0 aliphatic carbocycles. The molecule has 3 heteroatoms. The smallest absolute Gasteiger partial charge is 0.114 e. The van der Waals surface area contributed by atoms with E-state index in [4.69, 9.17) is 14.9 Å². The molecule has 0 aromatic heterocycles. The van der Waals surface area contributed by atoms with Crippen molar-refractivity contribution in [1.29, 1.82) is 0 Å². The molecule has 0 fully saturated rings. The van der Waals surface area contributed by atoms with E-state index >= 15 is 0 Å². The average Bonchev–Trinajstić information content (AvgIpc) is 2.05. The lowest BCUT2D eigenvalue weighted by Gasteiger charge is -2.21. The van der Waals surface area contributed by atoms with Crippen molar-refractivity contribution in [3.05, 3.63) is 24.7 Å². The van der Waals surface area contributed by atoms with Gasteiger partial charge in [0.15, 0.2) is 0 Å². The molecule has 2 atom stereocenters. The Morgan fingerprint density at radius 3 is 1.54 bits per heavy atom. The largest absolute Gasteiger partial charge is 0.510 e. The topological polar surface area (TPSA) is 49.7 Å². The summed E-state index contributed by atoms with van der Waals surface area (Å²) in [6, 6.07) is 0. The van der Waals surface area contributed by atoms with Crippen LogP contribution in [0.25, 0.3) is 0 Å². The van der Waals surface area contributed by atoms with Crippen molar-refractivity contribution in [3.63, 3.8) is 0 Å². The van der Waals surface area contributed by atoms with E-state index in [1.807, 2.05) is 13.8 Å². The number of ether oxygens (including phenoxy) is 1. The van der Waals surface area contributed by atoms with Gasteiger partial charge in [-0.3, -0.25) is 0 Å². The van der Waals surface area contributed by atoms with Crippen molar-refractivity contribution in [2.75, 3.05) is 0 Å². The minimum absolute atomic E-state index is 0.0119. The Hall–Kier alpha value is -0.960. The second-order valence-electron chi connectivity index (χ2n) is 2.91. The fraction of sp³-hybridized carbons (Fsp3) is 0.600. The summed E-state index contributed by atoms with van der Waals surface area (Å²) in [5.74, 6) is -0.0237. The molecule has 0 rings (SSSR count). The second kappa shape index (κ2) is 5.65. The van der Waals surface area contributed by atoms with Gasteiger partial charge in [-0.15, -0.1) is 0 Å². The van der Waals surface area contributed by atoms with Gasteiger partial charge >= 0.3 is 0 Å². The Balaban J connectivity index is 4.19. The van der Waals surface area contributed by atoms with Crippen LogP contribution in [0, 0.1) is 0 Å². The third-order valence-corrected chi connectivity index (χ3v) is 1.81. The van der Waals surface area contributed by atoms with Crippen LogP contribution in [-0.4, -0.2) is 22.4 Å². The fourth-order valence-electron chi connectivity index (χ4n) is 1.02. The molecule has 0 amide bonds. The van der Waals surface area contributed by atoms with E-state index < -0.39 is 12.2 Å². The number of rotatable bonds is 6. The molecular weight excluding hydrogens is 168 g/mol. The Labute approximate surface area is 79.3 Å². The Kier molecular flexibility index (Phi) is 5.23. The maximum Gasteiger partial charge on any atom is 0.114 e. The SMILES string of the molecule is C=C(O)C(CC)OC(CC)C(=C)O. The van der Waals surface area contributed by atoms with Crippen LogP contribution in [0.15, 0.2) is 24.7 Å². The number of aliphatic hydroxyl groups excluding tert-OH is 2. The van der Waals surface area contributed by atoms with Crippen LogP contribution in [-0.2, 0) is 4.74 Å². The van der Waals surface area contributed by atoms with Crippen LogP contribution in [0.4, 0.5) is 0 Å². The zero-order chi connectivity index (χ0) is 10.4. The van der Waals surface area contributed by atoms with Gasteiger partial charge in [0.1, 0.15) is 23.7 Å². The van der Waals surface area contributed by atoms with E-state index in [2.05, 4.69) is 13.2 Å². The number of hydrogen-bond acceptors (Lipinski definition) is 3. The van der Waals surface area contributed by atoms with Gasteiger partial charge in [0.25, 0.3) is 0 Å². The molecule has 0 aliphatic heterocycles. The summed E-state index contributed by atoms with van der Waals surface area (Å²) in [5.41, 5.74) is 0. The van der Waals surface area contributed by atoms with Crippen LogP contribution in [0.5, 0.6) is 0 Å². The normalized spacial score (nSPS) is 14.9. The molecule has 0 saturated carbocycles. The standard InChI is InChI=1S/C10H18O3/c1-5-9(7(3)11)13-10(6-2)8(4)12/h9-12H,3-6H2,1-2H3. The highest BCUT2D eigenvalue weighted by molar-refractivity contribution is 4.95. The molecule has 2 unspecified atom stereocenters. The van der Waals surface area contributed by atoms with Gasteiger partial charge < -0.3 is 14.9 Å². The van der Waals surface area contributed by atoms with Gasteiger partial charge in [-0.1, -0.05) is 27.0 Å². The van der Waals surface area contributed by atoms with E-state index in [0.29, 0.717) is 12.8 Å². The highest BCUT2D eigenvalue weighted by Gasteiger charge is 2.17. The summed E-state index contributed by atoms with van der Waals surface area (Å²) < 4.78 is 5.37. The summed E-state index contributed by atoms with van der Waals surface area (Å²) in [6.45, 7) is 10.5. The zero-order valence-corrected chi connectivity index (χ0v) is 8.29. The van der Waals surface area contributed by atoms with Crippen molar-refractivity contribution in [1.82, 2.24) is 0 Å². The van der Waals surface area contributed by atoms with E-state index in [9.17, 15) is 0 Å². The second-order valence-corrected chi connectivity index (χ2v) is 2.91. The summed E-state index contributed by atoms with van der Waals surface area (Å²) in [5, 5.41) is 18.2. The first-order valence-corrected chi connectivity index (χ1v) is 4.43. The predicted molar refractivity (Wildman–Crippen MR) is 52.8 cm³/mol. The van der Waals surface area contributed by atoms with Crippen molar-refractivity contribution in [2.24, 2.45) is 0 Å². The molecule has 0 aliphatic rings. The van der Waals surface area contributed by atoms with Crippen molar-refractivity contribution >= 4 is 0 Å². The summed E-state index contributed by atoms with van der Waals surface area (Å²) in [6.07, 6.45) is 0.404. The first-order chi connectivity index (χ1) is 6.02. The van der Waals surface area contributed by atoms with Crippen molar-refractivity contribution in [2.45, 2.75) is 38.9 Å². The van der Waals surface area contributed by atoms with Crippen LogP contribution in [0.2, 0.25) is 0 Å². The quantitative estimate of drug-likeness (QED) is 0.627. The highest BCUT2D eigenvalue weighted by atomic mass is 16.5. The van der Waals surface area contributed by atoms with Gasteiger partial charge in [0.05, 0.1) is 0 Å². The molecule has 76 valence electrons.